The van der Waals surface area contributed by atoms with Gasteiger partial charge in [0.1, 0.15) is 5.75 Å². The third-order valence-electron chi connectivity index (χ3n) is 3.26. The van der Waals surface area contributed by atoms with Gasteiger partial charge < -0.3 is 4.74 Å². The van der Waals surface area contributed by atoms with Gasteiger partial charge in [-0.2, -0.15) is 0 Å². The van der Waals surface area contributed by atoms with Gasteiger partial charge >= 0.3 is 0 Å². The van der Waals surface area contributed by atoms with Crippen molar-refractivity contribution in [1.82, 2.24) is 10.9 Å². The van der Waals surface area contributed by atoms with E-state index in [1.165, 1.54) is 0 Å². The number of carbonyl (C=O) groups is 2. The predicted molar refractivity (Wildman–Crippen MR) is 77.9 cm³/mol. The average molecular weight is 341 g/mol. The second-order valence-corrected chi connectivity index (χ2v) is 5.74. The Labute approximate surface area is 126 Å². The number of amides is 2. The van der Waals surface area contributed by atoms with Gasteiger partial charge in [0.25, 0.3) is 5.91 Å². The highest BCUT2D eigenvalue weighted by Gasteiger charge is 2.26. The number of ether oxygens (including phenoxy) is 1. The van der Waals surface area contributed by atoms with Gasteiger partial charge in [-0.05, 0) is 38.0 Å². The van der Waals surface area contributed by atoms with Crippen LogP contribution in [0.25, 0.3) is 0 Å². The van der Waals surface area contributed by atoms with Gasteiger partial charge in [-0.1, -0.05) is 28.4 Å². The summed E-state index contributed by atoms with van der Waals surface area (Å²) in [6, 6.07) is 7.23. The Morgan fingerprint density at radius 3 is 2.70 bits per heavy atom. The van der Waals surface area contributed by atoms with Crippen LogP contribution in [0, 0.1) is 5.92 Å². The Bertz CT molecular complexity index is 503. The van der Waals surface area contributed by atoms with Crippen LogP contribution >= 0.6 is 15.9 Å². The molecule has 1 aliphatic rings. The normalized spacial score (nSPS) is 15.9. The van der Waals surface area contributed by atoms with Crippen molar-refractivity contribution in [3.63, 3.8) is 0 Å². The SMILES string of the molecule is C[C@H](Oc1cccc(Br)c1)C(=O)NNC(=O)C1CCC1. The van der Waals surface area contributed by atoms with Gasteiger partial charge in [-0.15, -0.1) is 0 Å². The maximum absolute atomic E-state index is 11.8. The molecule has 6 heteroatoms. The van der Waals surface area contributed by atoms with Gasteiger partial charge in [-0.25, -0.2) is 0 Å². The Kier molecular flexibility index (Phi) is 5.00. The molecule has 2 rings (SSSR count). The van der Waals surface area contributed by atoms with Crippen LogP contribution in [0.1, 0.15) is 26.2 Å². The van der Waals surface area contributed by atoms with Gasteiger partial charge in [0.2, 0.25) is 5.91 Å². The Hall–Kier alpha value is -1.56. The van der Waals surface area contributed by atoms with E-state index in [1.807, 2.05) is 12.1 Å². The van der Waals surface area contributed by atoms with Crippen LogP contribution in [0.3, 0.4) is 0 Å². The van der Waals surface area contributed by atoms with Crippen molar-refractivity contribution < 1.29 is 14.3 Å². The van der Waals surface area contributed by atoms with Crippen molar-refractivity contribution in [2.75, 3.05) is 0 Å². The van der Waals surface area contributed by atoms with Crippen molar-refractivity contribution in [3.05, 3.63) is 28.7 Å². The van der Waals surface area contributed by atoms with E-state index in [4.69, 9.17) is 4.74 Å². The maximum Gasteiger partial charge on any atom is 0.279 e. The molecule has 0 saturated heterocycles. The highest BCUT2D eigenvalue weighted by Crippen LogP contribution is 2.25. The number of halogens is 1. The highest BCUT2D eigenvalue weighted by molar-refractivity contribution is 9.10. The zero-order valence-electron chi connectivity index (χ0n) is 11.2. The second-order valence-electron chi connectivity index (χ2n) is 4.82. The fraction of sp³-hybridized carbons (Fsp3) is 0.429. The molecule has 108 valence electrons. The van der Waals surface area contributed by atoms with E-state index in [2.05, 4.69) is 26.8 Å². The van der Waals surface area contributed by atoms with Crippen LogP contribution in [-0.4, -0.2) is 17.9 Å². The van der Waals surface area contributed by atoms with E-state index in [0.29, 0.717) is 5.75 Å². The van der Waals surface area contributed by atoms with Crippen molar-refractivity contribution in [2.45, 2.75) is 32.3 Å². The van der Waals surface area contributed by atoms with E-state index in [1.54, 1.807) is 19.1 Å². The number of carbonyl (C=O) groups excluding carboxylic acids is 2. The zero-order chi connectivity index (χ0) is 14.5. The monoisotopic (exact) mass is 340 g/mol. The molecule has 5 nitrogen and oxygen atoms in total. The average Bonchev–Trinajstić information content (AvgIpc) is 2.33. The first-order chi connectivity index (χ1) is 9.56. The number of hydrazine groups is 1. The minimum absolute atomic E-state index is 0.0385. The molecule has 2 amide bonds. The predicted octanol–water partition coefficient (Wildman–Crippen LogP) is 2.16. The largest absolute Gasteiger partial charge is 0.481 e. The molecule has 0 aromatic heterocycles. The first-order valence-corrected chi connectivity index (χ1v) is 7.37. The number of hydrogen-bond acceptors (Lipinski definition) is 3. The van der Waals surface area contributed by atoms with Crippen molar-refractivity contribution in [1.29, 1.82) is 0 Å². The molecule has 1 saturated carbocycles. The molecule has 1 aromatic carbocycles. The van der Waals surface area contributed by atoms with Gasteiger partial charge in [-0.3, -0.25) is 20.4 Å². The van der Waals surface area contributed by atoms with E-state index in [9.17, 15) is 9.59 Å². The molecule has 1 fully saturated rings. The first-order valence-electron chi connectivity index (χ1n) is 6.58. The van der Waals surface area contributed by atoms with Crippen molar-refractivity contribution in [3.8, 4) is 5.75 Å². The van der Waals surface area contributed by atoms with Crippen molar-refractivity contribution in [2.24, 2.45) is 5.92 Å². The summed E-state index contributed by atoms with van der Waals surface area (Å²) in [6.07, 6.45) is 2.18. The minimum atomic E-state index is -0.689. The quantitative estimate of drug-likeness (QED) is 0.825. The smallest absolute Gasteiger partial charge is 0.279 e. The molecule has 0 spiro atoms. The van der Waals surface area contributed by atoms with Gasteiger partial charge in [0.05, 0.1) is 0 Å². The standard InChI is InChI=1S/C14H17BrN2O3/c1-9(20-12-7-3-6-11(15)8-12)13(18)16-17-14(19)10-4-2-5-10/h3,6-10H,2,4-5H2,1H3,(H,16,18)(H,17,19)/t9-/m0/s1. The lowest BCUT2D eigenvalue weighted by Gasteiger charge is -2.24. The first kappa shape index (κ1) is 14.8. The number of rotatable bonds is 4. The van der Waals surface area contributed by atoms with E-state index >= 15 is 0 Å². The molecule has 20 heavy (non-hydrogen) atoms. The minimum Gasteiger partial charge on any atom is -0.481 e. The summed E-state index contributed by atoms with van der Waals surface area (Å²) in [4.78, 5) is 23.4. The van der Waals surface area contributed by atoms with Crippen LogP contribution in [0.2, 0.25) is 0 Å². The van der Waals surface area contributed by atoms with Gasteiger partial charge in [0.15, 0.2) is 6.10 Å². The Morgan fingerprint density at radius 2 is 2.10 bits per heavy atom. The Balaban J connectivity index is 1.78. The van der Waals surface area contributed by atoms with Crippen LogP contribution in [-0.2, 0) is 9.59 Å². The number of benzene rings is 1. The third kappa shape index (κ3) is 3.96. The molecule has 2 N–H and O–H groups in total. The lowest BCUT2D eigenvalue weighted by atomic mass is 9.85. The van der Waals surface area contributed by atoms with Crippen LogP contribution in [0.4, 0.5) is 0 Å². The summed E-state index contributed by atoms with van der Waals surface area (Å²) in [5.41, 5.74) is 4.83. The molecule has 0 bridgehead atoms. The summed E-state index contributed by atoms with van der Waals surface area (Å²) in [5.74, 6) is 0.126. The van der Waals surface area contributed by atoms with E-state index in [0.717, 1.165) is 23.7 Å². The number of nitrogens with one attached hydrogen (secondary N) is 2. The van der Waals surface area contributed by atoms with Crippen molar-refractivity contribution >= 4 is 27.7 Å². The number of hydrogen-bond donors (Lipinski definition) is 2. The zero-order valence-corrected chi connectivity index (χ0v) is 12.8. The lowest BCUT2D eigenvalue weighted by molar-refractivity contribution is -0.135. The topological polar surface area (TPSA) is 67.4 Å². The summed E-state index contributed by atoms with van der Waals surface area (Å²) in [7, 11) is 0. The summed E-state index contributed by atoms with van der Waals surface area (Å²) in [5, 5.41) is 0. The third-order valence-corrected chi connectivity index (χ3v) is 3.76. The van der Waals surface area contributed by atoms with E-state index in [-0.39, 0.29) is 17.7 Å². The second kappa shape index (κ2) is 6.74. The summed E-state index contributed by atoms with van der Waals surface area (Å²) in [6.45, 7) is 1.63. The maximum atomic E-state index is 11.8. The Morgan fingerprint density at radius 1 is 1.35 bits per heavy atom. The molecule has 0 unspecified atom stereocenters. The molecule has 1 aromatic rings. The van der Waals surface area contributed by atoms with Crippen LogP contribution < -0.4 is 15.6 Å². The van der Waals surface area contributed by atoms with Crippen LogP contribution in [0.15, 0.2) is 28.7 Å². The lowest BCUT2D eigenvalue weighted by Crippen LogP contribution is -2.49. The molecule has 1 aliphatic carbocycles. The molecule has 0 radical (unpaired) electrons. The fourth-order valence-electron chi connectivity index (χ4n) is 1.80. The fourth-order valence-corrected chi connectivity index (χ4v) is 2.17. The summed E-state index contributed by atoms with van der Waals surface area (Å²) >= 11 is 3.33. The van der Waals surface area contributed by atoms with Crippen LogP contribution in [0.5, 0.6) is 5.75 Å². The van der Waals surface area contributed by atoms with Gasteiger partial charge in [0, 0.05) is 10.4 Å². The molecular weight excluding hydrogens is 324 g/mol. The molecular formula is C14H17BrN2O3. The molecule has 0 aliphatic heterocycles. The molecule has 1 atom stereocenters. The summed E-state index contributed by atoms with van der Waals surface area (Å²) < 4.78 is 6.37. The highest BCUT2D eigenvalue weighted by atomic mass is 79.9. The van der Waals surface area contributed by atoms with E-state index < -0.39 is 6.10 Å². The molecule has 0 heterocycles.